The van der Waals surface area contributed by atoms with Crippen LogP contribution in [0.5, 0.6) is 0 Å². The Hall–Kier alpha value is -2.30. The lowest BCUT2D eigenvalue weighted by Crippen LogP contribution is -2.23. The summed E-state index contributed by atoms with van der Waals surface area (Å²) >= 11 is 0. The minimum atomic E-state index is -0.291. The van der Waals surface area contributed by atoms with Crippen LogP contribution < -0.4 is 0 Å². The van der Waals surface area contributed by atoms with E-state index >= 15 is 0 Å². The molecule has 0 aliphatic carbocycles. The molecule has 1 saturated heterocycles. The molecule has 0 amide bonds. The maximum Gasteiger partial charge on any atom is 0.127 e. The second-order valence-corrected chi connectivity index (χ2v) is 5.81. The molecule has 1 aromatic heterocycles. The molecule has 0 unspecified atom stereocenters. The molecule has 0 N–H and O–H groups in total. The van der Waals surface area contributed by atoms with Crippen molar-refractivity contribution >= 4 is 0 Å². The summed E-state index contributed by atoms with van der Waals surface area (Å²) in [5.41, 5.74) is 1.88. The van der Waals surface area contributed by atoms with E-state index in [0.717, 1.165) is 5.69 Å². The minimum absolute atomic E-state index is 0.00564. The molecular formula is C16H18FN5O. The van der Waals surface area contributed by atoms with E-state index < -0.39 is 0 Å². The van der Waals surface area contributed by atoms with Gasteiger partial charge in [-0.2, -0.15) is 5.26 Å². The van der Waals surface area contributed by atoms with Crippen LogP contribution in [0.1, 0.15) is 22.7 Å². The average Bonchev–Trinajstić information content (AvgIpc) is 3.15. The van der Waals surface area contributed by atoms with Gasteiger partial charge in [0.2, 0.25) is 0 Å². The standard InChI is InChI=1S/C16H18FN5O/c1-21-9-15(19-20-21)13-8-22(10-16(13)23-2)7-12-5-11(6-18)3-4-14(12)17/h3-5,9,13,16H,7-8,10H2,1-2H3/t13-,16+/m0/s1. The third kappa shape index (κ3) is 3.23. The number of aryl methyl sites for hydroxylation is 1. The van der Waals surface area contributed by atoms with Crippen molar-refractivity contribution in [1.82, 2.24) is 19.9 Å². The molecule has 0 radical (unpaired) electrons. The molecule has 23 heavy (non-hydrogen) atoms. The molecule has 0 bridgehead atoms. The number of aromatic nitrogens is 3. The van der Waals surface area contributed by atoms with Gasteiger partial charge in [-0.25, -0.2) is 4.39 Å². The summed E-state index contributed by atoms with van der Waals surface area (Å²) < 4.78 is 21.2. The smallest absolute Gasteiger partial charge is 0.127 e. The first-order chi connectivity index (χ1) is 11.1. The van der Waals surface area contributed by atoms with Crippen molar-refractivity contribution in [2.45, 2.75) is 18.6 Å². The van der Waals surface area contributed by atoms with E-state index in [2.05, 4.69) is 15.2 Å². The highest BCUT2D eigenvalue weighted by atomic mass is 19.1. The van der Waals surface area contributed by atoms with Gasteiger partial charge in [-0.3, -0.25) is 9.58 Å². The van der Waals surface area contributed by atoms with E-state index in [1.165, 1.54) is 12.1 Å². The molecule has 1 fully saturated rings. The van der Waals surface area contributed by atoms with Gasteiger partial charge in [-0.05, 0) is 18.2 Å². The van der Waals surface area contributed by atoms with Crippen molar-refractivity contribution in [1.29, 1.82) is 5.26 Å². The summed E-state index contributed by atoms with van der Waals surface area (Å²) in [6.45, 7) is 1.85. The molecule has 0 spiro atoms. The number of methoxy groups -OCH3 is 1. The molecule has 2 aromatic rings. The van der Waals surface area contributed by atoms with Crippen molar-refractivity contribution in [2.24, 2.45) is 7.05 Å². The average molecular weight is 315 g/mol. The molecule has 6 nitrogen and oxygen atoms in total. The van der Waals surface area contributed by atoms with Crippen LogP contribution in [0.25, 0.3) is 0 Å². The second-order valence-electron chi connectivity index (χ2n) is 5.81. The van der Waals surface area contributed by atoms with Gasteiger partial charge in [0.25, 0.3) is 0 Å². The number of halogens is 1. The zero-order valence-electron chi connectivity index (χ0n) is 13.1. The number of nitriles is 1. The molecule has 0 saturated carbocycles. The maximum atomic E-state index is 14.0. The third-order valence-electron chi connectivity index (χ3n) is 4.21. The van der Waals surface area contributed by atoms with Gasteiger partial charge in [-0.1, -0.05) is 5.21 Å². The van der Waals surface area contributed by atoms with Crippen molar-refractivity contribution in [3.63, 3.8) is 0 Å². The fourth-order valence-electron chi connectivity index (χ4n) is 3.05. The summed E-state index contributed by atoms with van der Waals surface area (Å²) in [5, 5.41) is 17.1. The molecule has 1 aliphatic rings. The number of hydrogen-bond acceptors (Lipinski definition) is 5. The Bertz CT molecular complexity index is 738. The number of likely N-dealkylation sites (tertiary alicyclic amines) is 1. The lowest BCUT2D eigenvalue weighted by Gasteiger charge is -2.16. The highest BCUT2D eigenvalue weighted by Crippen LogP contribution is 2.29. The monoisotopic (exact) mass is 315 g/mol. The molecule has 1 aromatic carbocycles. The summed E-state index contributed by atoms with van der Waals surface area (Å²) in [7, 11) is 3.50. The van der Waals surface area contributed by atoms with E-state index in [9.17, 15) is 4.39 Å². The van der Waals surface area contributed by atoms with Gasteiger partial charge in [0.05, 0.1) is 23.4 Å². The van der Waals surface area contributed by atoms with Gasteiger partial charge in [0.1, 0.15) is 5.82 Å². The van der Waals surface area contributed by atoms with Crippen molar-refractivity contribution in [3.8, 4) is 6.07 Å². The molecule has 1 aliphatic heterocycles. The number of nitrogens with zero attached hydrogens (tertiary/aromatic N) is 5. The zero-order valence-corrected chi connectivity index (χ0v) is 13.1. The lowest BCUT2D eigenvalue weighted by molar-refractivity contribution is 0.0956. The van der Waals surface area contributed by atoms with Gasteiger partial charge in [0.15, 0.2) is 0 Å². The number of ether oxygens (including phenoxy) is 1. The summed E-state index contributed by atoms with van der Waals surface area (Å²) in [6.07, 6.45) is 1.88. The van der Waals surface area contributed by atoms with Crippen LogP contribution in [0.2, 0.25) is 0 Å². The van der Waals surface area contributed by atoms with E-state index in [1.54, 1.807) is 17.9 Å². The number of benzene rings is 1. The SMILES string of the molecule is CO[C@@H]1CN(Cc2cc(C#N)ccc2F)C[C@H]1c1cn(C)nn1. The summed E-state index contributed by atoms with van der Waals surface area (Å²) in [4.78, 5) is 2.12. The van der Waals surface area contributed by atoms with Crippen molar-refractivity contribution in [2.75, 3.05) is 20.2 Å². The lowest BCUT2D eigenvalue weighted by atomic mass is 10.0. The van der Waals surface area contributed by atoms with Crippen LogP contribution in [0.15, 0.2) is 24.4 Å². The normalized spacial score (nSPS) is 21.5. The molecule has 7 heteroatoms. The molecular weight excluding hydrogens is 297 g/mol. The Labute approximate surface area is 134 Å². The van der Waals surface area contributed by atoms with Gasteiger partial charge in [0, 0.05) is 51.5 Å². The Balaban J connectivity index is 1.76. The molecule has 2 atom stereocenters. The van der Waals surface area contributed by atoms with E-state index in [1.807, 2.05) is 19.3 Å². The Morgan fingerprint density at radius 3 is 2.91 bits per heavy atom. The predicted molar refractivity (Wildman–Crippen MR) is 80.9 cm³/mol. The quantitative estimate of drug-likeness (QED) is 0.854. The fourth-order valence-corrected chi connectivity index (χ4v) is 3.05. The maximum absolute atomic E-state index is 14.0. The molecule has 2 heterocycles. The first-order valence-electron chi connectivity index (χ1n) is 7.40. The van der Waals surface area contributed by atoms with Crippen LogP contribution in [0.4, 0.5) is 4.39 Å². The first-order valence-corrected chi connectivity index (χ1v) is 7.40. The zero-order chi connectivity index (χ0) is 16.4. The predicted octanol–water partition coefficient (Wildman–Crippen LogP) is 1.44. The van der Waals surface area contributed by atoms with Crippen LogP contribution >= 0.6 is 0 Å². The van der Waals surface area contributed by atoms with Gasteiger partial charge in [-0.15, -0.1) is 5.10 Å². The van der Waals surface area contributed by atoms with Gasteiger partial charge < -0.3 is 4.74 Å². The van der Waals surface area contributed by atoms with E-state index in [4.69, 9.17) is 10.00 Å². The van der Waals surface area contributed by atoms with Crippen molar-refractivity contribution in [3.05, 3.63) is 47.0 Å². The second kappa shape index (κ2) is 6.44. The summed E-state index contributed by atoms with van der Waals surface area (Å²) in [6, 6.07) is 6.48. The molecule has 3 rings (SSSR count). The highest BCUT2D eigenvalue weighted by molar-refractivity contribution is 5.33. The Morgan fingerprint density at radius 1 is 1.43 bits per heavy atom. The van der Waals surface area contributed by atoms with Crippen LogP contribution in [-0.4, -0.2) is 46.2 Å². The van der Waals surface area contributed by atoms with Gasteiger partial charge >= 0.3 is 0 Å². The minimum Gasteiger partial charge on any atom is -0.379 e. The fraction of sp³-hybridized carbons (Fsp3) is 0.438. The Kier molecular flexibility index (Phi) is 4.37. The van der Waals surface area contributed by atoms with E-state index in [0.29, 0.717) is 30.8 Å². The number of hydrogen-bond donors (Lipinski definition) is 0. The van der Waals surface area contributed by atoms with Crippen molar-refractivity contribution < 1.29 is 9.13 Å². The van der Waals surface area contributed by atoms with E-state index in [-0.39, 0.29) is 17.8 Å². The Morgan fingerprint density at radius 2 is 2.26 bits per heavy atom. The molecule has 120 valence electrons. The largest absolute Gasteiger partial charge is 0.379 e. The first kappa shape index (κ1) is 15.6. The summed E-state index contributed by atoms with van der Waals surface area (Å²) in [5.74, 6) is -0.183. The van der Waals surface area contributed by atoms with Crippen LogP contribution in [-0.2, 0) is 18.3 Å². The van der Waals surface area contributed by atoms with Crippen LogP contribution in [0.3, 0.4) is 0 Å². The third-order valence-corrected chi connectivity index (χ3v) is 4.21. The highest BCUT2D eigenvalue weighted by Gasteiger charge is 2.35. The number of rotatable bonds is 4. The van der Waals surface area contributed by atoms with Crippen LogP contribution in [0, 0.1) is 17.1 Å². The topological polar surface area (TPSA) is 67.0 Å².